The number of aliphatic hydroxyl groups excluding tert-OH is 1. The van der Waals surface area contributed by atoms with Gasteiger partial charge in [-0.1, -0.05) is 4.98 Å². The fourth-order valence-corrected chi connectivity index (χ4v) is 1.75. The smallest absolute Gasteiger partial charge is 0.434 e. The highest BCUT2D eigenvalue weighted by Crippen LogP contribution is 2.10. The second-order valence-electron chi connectivity index (χ2n) is 3.85. The van der Waals surface area contributed by atoms with Crippen molar-refractivity contribution in [2.45, 2.75) is 12.6 Å². The minimum atomic E-state index is -0.913. The second-order valence-corrected chi connectivity index (χ2v) is 3.85. The van der Waals surface area contributed by atoms with Crippen molar-refractivity contribution in [3.63, 3.8) is 0 Å². The average Bonchev–Trinajstić information content (AvgIpc) is 2.89. The summed E-state index contributed by atoms with van der Waals surface area (Å²) in [4.78, 5) is 26.1. The molecule has 1 aromatic heterocycles. The zero-order chi connectivity index (χ0) is 13.1. The van der Waals surface area contributed by atoms with E-state index in [0.29, 0.717) is 13.2 Å². The Labute approximate surface area is 102 Å². The first-order valence-electron chi connectivity index (χ1n) is 5.33. The zero-order valence-electron chi connectivity index (χ0n) is 9.43. The van der Waals surface area contributed by atoms with Gasteiger partial charge in [-0.3, -0.25) is 0 Å². The molecular weight excluding hydrogens is 244 g/mol. The molecule has 1 aliphatic heterocycles. The van der Waals surface area contributed by atoms with Crippen LogP contribution in [0, 0.1) is 10.1 Å². The molecule has 0 unspecified atom stereocenters. The Morgan fingerprint density at radius 1 is 1.61 bits per heavy atom. The van der Waals surface area contributed by atoms with Gasteiger partial charge in [0.2, 0.25) is 0 Å². The van der Waals surface area contributed by atoms with Crippen molar-refractivity contribution in [1.82, 2.24) is 14.5 Å². The van der Waals surface area contributed by atoms with Crippen LogP contribution in [0.3, 0.4) is 0 Å². The molecule has 0 aromatic carbocycles. The van der Waals surface area contributed by atoms with Crippen molar-refractivity contribution in [3.05, 3.63) is 22.5 Å². The summed E-state index contributed by atoms with van der Waals surface area (Å²) in [6, 6.07) is 0. The summed E-state index contributed by atoms with van der Waals surface area (Å²) in [6.07, 6.45) is 1.30. The van der Waals surface area contributed by atoms with Crippen molar-refractivity contribution in [1.29, 1.82) is 0 Å². The third-order valence-electron chi connectivity index (χ3n) is 2.54. The molecule has 0 saturated carbocycles. The van der Waals surface area contributed by atoms with E-state index in [1.165, 1.54) is 21.9 Å². The molecule has 2 rings (SSSR count). The Morgan fingerprint density at radius 2 is 2.39 bits per heavy atom. The average molecular weight is 256 g/mol. The van der Waals surface area contributed by atoms with E-state index >= 15 is 0 Å². The summed E-state index contributed by atoms with van der Waals surface area (Å²) in [5, 5.41) is 20.4. The van der Waals surface area contributed by atoms with Crippen molar-refractivity contribution < 1.29 is 19.6 Å². The van der Waals surface area contributed by atoms with Crippen LogP contribution in [-0.2, 0) is 11.3 Å². The zero-order valence-corrected chi connectivity index (χ0v) is 9.43. The lowest BCUT2D eigenvalue weighted by Gasteiger charge is -2.16. The lowest BCUT2D eigenvalue weighted by Crippen LogP contribution is -2.35. The highest BCUT2D eigenvalue weighted by Gasteiger charge is 2.26. The van der Waals surface area contributed by atoms with E-state index in [4.69, 9.17) is 4.74 Å². The van der Waals surface area contributed by atoms with Crippen LogP contribution in [0.15, 0.2) is 12.4 Å². The third kappa shape index (κ3) is 2.56. The Balaban J connectivity index is 1.94. The largest absolute Gasteiger partial charge is 0.448 e. The van der Waals surface area contributed by atoms with Gasteiger partial charge in [0.15, 0.2) is 0 Å². The lowest BCUT2D eigenvalue weighted by molar-refractivity contribution is -0.397. The predicted molar refractivity (Wildman–Crippen MR) is 57.8 cm³/mol. The minimum Gasteiger partial charge on any atom is -0.448 e. The van der Waals surface area contributed by atoms with E-state index in [0.717, 1.165) is 0 Å². The summed E-state index contributed by atoms with van der Waals surface area (Å²) in [5.74, 6) is -0.335. The van der Waals surface area contributed by atoms with E-state index in [-0.39, 0.29) is 19.0 Å². The highest BCUT2D eigenvalue weighted by molar-refractivity contribution is 5.69. The molecule has 0 bridgehead atoms. The summed E-state index contributed by atoms with van der Waals surface area (Å²) in [5.41, 5.74) is 0. The molecule has 98 valence electrons. The van der Waals surface area contributed by atoms with E-state index in [1.54, 1.807) is 0 Å². The number of aliphatic hydroxyl groups is 1. The molecule has 1 fully saturated rings. The number of imidazole rings is 1. The van der Waals surface area contributed by atoms with Crippen LogP contribution in [0.2, 0.25) is 0 Å². The molecule has 0 aliphatic carbocycles. The van der Waals surface area contributed by atoms with E-state index in [9.17, 15) is 20.0 Å². The molecule has 1 saturated heterocycles. The second kappa shape index (κ2) is 5.00. The first kappa shape index (κ1) is 12.3. The van der Waals surface area contributed by atoms with Crippen LogP contribution in [0.1, 0.15) is 0 Å². The van der Waals surface area contributed by atoms with Crippen LogP contribution in [0.25, 0.3) is 0 Å². The fraction of sp³-hybridized carbons (Fsp3) is 0.556. The fourth-order valence-electron chi connectivity index (χ4n) is 1.75. The summed E-state index contributed by atoms with van der Waals surface area (Å²) in [6.45, 7) is 0.799. The number of nitrogens with zero attached hydrogens (tertiary/aromatic N) is 4. The monoisotopic (exact) mass is 256 g/mol. The molecule has 9 nitrogen and oxygen atoms in total. The maximum Gasteiger partial charge on any atom is 0.434 e. The summed E-state index contributed by atoms with van der Waals surface area (Å²) in [7, 11) is 0. The Morgan fingerprint density at radius 3 is 3.00 bits per heavy atom. The van der Waals surface area contributed by atoms with E-state index < -0.39 is 17.1 Å². The minimum absolute atomic E-state index is 0.0000926. The van der Waals surface area contributed by atoms with Gasteiger partial charge in [0.25, 0.3) is 0 Å². The third-order valence-corrected chi connectivity index (χ3v) is 2.54. The Bertz CT molecular complexity index is 460. The van der Waals surface area contributed by atoms with Gasteiger partial charge in [0.05, 0.1) is 19.6 Å². The van der Waals surface area contributed by atoms with Gasteiger partial charge < -0.3 is 24.9 Å². The molecule has 18 heavy (non-hydrogen) atoms. The molecule has 1 N–H and O–H groups in total. The van der Waals surface area contributed by atoms with Crippen molar-refractivity contribution in [2.75, 3.05) is 19.7 Å². The number of hydrogen-bond donors (Lipinski definition) is 1. The number of hydrogen-bond acceptors (Lipinski definition) is 6. The van der Waals surface area contributed by atoms with E-state index in [2.05, 4.69) is 4.98 Å². The van der Waals surface area contributed by atoms with Crippen molar-refractivity contribution in [2.24, 2.45) is 0 Å². The molecule has 0 spiro atoms. The number of cyclic esters (lactones) is 1. The van der Waals surface area contributed by atoms with Gasteiger partial charge in [-0.2, -0.15) is 0 Å². The summed E-state index contributed by atoms with van der Waals surface area (Å²) < 4.78 is 5.94. The summed E-state index contributed by atoms with van der Waals surface area (Å²) >= 11 is 0. The number of nitro groups is 1. The predicted octanol–water partition coefficient (Wildman–Crippen LogP) is -0.396. The molecule has 9 heteroatoms. The van der Waals surface area contributed by atoms with Crippen LogP contribution in [0.4, 0.5) is 10.7 Å². The number of rotatable bonds is 5. The van der Waals surface area contributed by atoms with Gasteiger partial charge in [0, 0.05) is 0 Å². The number of β-amino-alcohol motifs (C(OH)–C–C–N with tert-alkyl or cyclic N) is 1. The first-order valence-corrected chi connectivity index (χ1v) is 5.33. The van der Waals surface area contributed by atoms with Crippen LogP contribution >= 0.6 is 0 Å². The maximum absolute atomic E-state index is 11.2. The Hall–Kier alpha value is -2.16. The lowest BCUT2D eigenvalue weighted by atomic mass is 10.3. The quantitative estimate of drug-likeness (QED) is 0.567. The number of carbonyl (C=O) groups is 1. The maximum atomic E-state index is 11.2. The Kier molecular flexibility index (Phi) is 3.42. The topological polar surface area (TPSA) is 111 Å². The molecule has 1 amide bonds. The van der Waals surface area contributed by atoms with Crippen LogP contribution in [-0.4, -0.2) is 56.4 Å². The van der Waals surface area contributed by atoms with E-state index in [1.807, 2.05) is 0 Å². The standard InChI is InChI=1S/C9H12N4O5/c14-7(6-12-3-4-18-9(12)15)5-11-2-1-10-8(11)13(16)17/h1-2,7,14H,3-6H2/t7-/m0/s1. The molecule has 2 heterocycles. The SMILES string of the molecule is O=C1OCCN1C[C@@H](O)Cn1ccnc1[N+](=O)[O-]. The van der Waals surface area contributed by atoms with Gasteiger partial charge in [-0.15, -0.1) is 0 Å². The molecule has 1 aromatic rings. The highest BCUT2D eigenvalue weighted by atomic mass is 16.6. The van der Waals surface area contributed by atoms with Crippen molar-refractivity contribution >= 4 is 12.0 Å². The van der Waals surface area contributed by atoms with Gasteiger partial charge in [0.1, 0.15) is 25.1 Å². The van der Waals surface area contributed by atoms with Crippen LogP contribution in [0.5, 0.6) is 0 Å². The van der Waals surface area contributed by atoms with Crippen LogP contribution < -0.4 is 0 Å². The number of amides is 1. The first-order chi connectivity index (χ1) is 8.58. The van der Waals surface area contributed by atoms with Crippen molar-refractivity contribution in [3.8, 4) is 0 Å². The van der Waals surface area contributed by atoms with Gasteiger partial charge in [-0.25, -0.2) is 9.36 Å². The number of aromatic nitrogens is 2. The van der Waals surface area contributed by atoms with Gasteiger partial charge >= 0.3 is 12.0 Å². The number of ether oxygens (including phenoxy) is 1. The molecular formula is C9H12N4O5. The molecule has 0 radical (unpaired) electrons. The normalized spacial score (nSPS) is 16.7. The molecule has 1 aliphatic rings. The number of carbonyl (C=O) groups excluding carboxylic acids is 1. The molecule has 1 atom stereocenters. The van der Waals surface area contributed by atoms with Gasteiger partial charge in [-0.05, 0) is 4.92 Å².